The van der Waals surface area contributed by atoms with Gasteiger partial charge in [0.25, 0.3) is 0 Å². The number of nitrogens with zero attached hydrogens (tertiary/aromatic N) is 1. The molecule has 1 N–H and O–H groups in total. The minimum absolute atomic E-state index is 0.203. The molecule has 5 heteroatoms. The van der Waals surface area contributed by atoms with Crippen molar-refractivity contribution in [1.29, 1.82) is 0 Å². The Morgan fingerprint density at radius 3 is 2.50 bits per heavy atom. The number of rotatable bonds is 7. The Labute approximate surface area is 192 Å². The summed E-state index contributed by atoms with van der Waals surface area (Å²) >= 11 is 0. The SMILES string of the molecule is COc1ccc(-c2cccc(CC3(C(=O)NCC4CCN(C)CC4)CCOCC3)c2)cc1. The lowest BCUT2D eigenvalue weighted by atomic mass is 9.74. The molecule has 2 saturated heterocycles. The maximum absolute atomic E-state index is 13.5. The Bertz CT molecular complexity index is 882. The fraction of sp³-hybridized carbons (Fsp3) is 0.519. The van der Waals surface area contributed by atoms with Gasteiger partial charge in [0, 0.05) is 19.8 Å². The van der Waals surface area contributed by atoms with Gasteiger partial charge >= 0.3 is 0 Å². The van der Waals surface area contributed by atoms with Gasteiger partial charge < -0.3 is 19.7 Å². The standard InChI is InChI=1S/C27H36N2O3/c1-29-14-10-21(11-15-29)20-28-26(30)27(12-16-32-17-13-27)19-22-4-3-5-24(18-22)23-6-8-25(31-2)9-7-23/h3-9,18,21H,10-17,19-20H2,1-2H3,(H,28,30). The number of likely N-dealkylation sites (tertiary alicyclic amines) is 1. The van der Waals surface area contributed by atoms with E-state index in [4.69, 9.17) is 9.47 Å². The van der Waals surface area contributed by atoms with Crippen LogP contribution >= 0.6 is 0 Å². The van der Waals surface area contributed by atoms with Crippen LogP contribution in [0, 0.1) is 11.3 Å². The highest BCUT2D eigenvalue weighted by atomic mass is 16.5. The summed E-state index contributed by atoms with van der Waals surface area (Å²) in [5, 5.41) is 3.33. The van der Waals surface area contributed by atoms with Gasteiger partial charge in [0.2, 0.25) is 5.91 Å². The van der Waals surface area contributed by atoms with Crippen molar-refractivity contribution in [1.82, 2.24) is 10.2 Å². The molecule has 172 valence electrons. The lowest BCUT2D eigenvalue weighted by molar-refractivity contribution is -0.137. The average molecular weight is 437 g/mol. The van der Waals surface area contributed by atoms with Gasteiger partial charge in [-0.15, -0.1) is 0 Å². The number of carbonyl (C=O) groups excluding carboxylic acids is 1. The molecule has 0 aliphatic carbocycles. The van der Waals surface area contributed by atoms with Crippen LogP contribution in [0.1, 0.15) is 31.2 Å². The quantitative estimate of drug-likeness (QED) is 0.708. The van der Waals surface area contributed by atoms with E-state index in [9.17, 15) is 4.79 Å². The number of amides is 1. The van der Waals surface area contributed by atoms with Crippen molar-refractivity contribution in [2.24, 2.45) is 11.3 Å². The van der Waals surface area contributed by atoms with Gasteiger partial charge in [0.15, 0.2) is 0 Å². The predicted molar refractivity (Wildman–Crippen MR) is 128 cm³/mol. The van der Waals surface area contributed by atoms with E-state index in [1.165, 1.54) is 11.1 Å². The summed E-state index contributed by atoms with van der Waals surface area (Å²) in [7, 11) is 3.85. The third-order valence-corrected chi connectivity index (χ3v) is 7.21. The Morgan fingerprint density at radius 1 is 1.09 bits per heavy atom. The highest BCUT2D eigenvalue weighted by Gasteiger charge is 2.40. The van der Waals surface area contributed by atoms with E-state index >= 15 is 0 Å². The van der Waals surface area contributed by atoms with Crippen LogP contribution in [-0.2, 0) is 16.0 Å². The summed E-state index contributed by atoms with van der Waals surface area (Å²) in [6.07, 6.45) is 4.63. The molecular weight excluding hydrogens is 400 g/mol. The summed E-state index contributed by atoms with van der Waals surface area (Å²) in [6, 6.07) is 16.7. The first-order chi connectivity index (χ1) is 15.6. The van der Waals surface area contributed by atoms with Gasteiger partial charge in [0.05, 0.1) is 12.5 Å². The lowest BCUT2D eigenvalue weighted by Gasteiger charge is -2.37. The van der Waals surface area contributed by atoms with Crippen LogP contribution in [-0.4, -0.2) is 57.8 Å². The van der Waals surface area contributed by atoms with E-state index in [0.717, 1.165) is 63.1 Å². The molecule has 2 fully saturated rings. The molecule has 2 aromatic rings. The fourth-order valence-electron chi connectivity index (χ4n) is 4.97. The molecule has 0 saturated carbocycles. The van der Waals surface area contributed by atoms with E-state index < -0.39 is 0 Å². The summed E-state index contributed by atoms with van der Waals surface area (Å²) in [6.45, 7) is 4.34. The average Bonchev–Trinajstić information content (AvgIpc) is 2.84. The predicted octanol–water partition coefficient (Wildman–Crippen LogP) is 4.16. The van der Waals surface area contributed by atoms with Gasteiger partial charge in [-0.05, 0) is 87.0 Å². The third kappa shape index (κ3) is 5.51. The van der Waals surface area contributed by atoms with Gasteiger partial charge in [0.1, 0.15) is 5.75 Å². The van der Waals surface area contributed by atoms with Crippen molar-refractivity contribution in [3.8, 4) is 16.9 Å². The number of hydrogen-bond donors (Lipinski definition) is 1. The zero-order valence-electron chi connectivity index (χ0n) is 19.4. The van der Waals surface area contributed by atoms with Gasteiger partial charge in [-0.3, -0.25) is 4.79 Å². The molecule has 1 amide bonds. The minimum Gasteiger partial charge on any atom is -0.497 e. The summed E-state index contributed by atoms with van der Waals surface area (Å²) in [5.41, 5.74) is 3.14. The van der Waals surface area contributed by atoms with Crippen LogP contribution in [0.5, 0.6) is 5.75 Å². The number of methoxy groups -OCH3 is 1. The number of piperidine rings is 1. The summed E-state index contributed by atoms with van der Waals surface area (Å²) < 4.78 is 10.9. The highest BCUT2D eigenvalue weighted by molar-refractivity contribution is 5.83. The van der Waals surface area contributed by atoms with E-state index in [0.29, 0.717) is 19.1 Å². The van der Waals surface area contributed by atoms with Crippen molar-refractivity contribution in [3.63, 3.8) is 0 Å². The van der Waals surface area contributed by atoms with Gasteiger partial charge in [-0.25, -0.2) is 0 Å². The molecule has 2 aromatic carbocycles. The Morgan fingerprint density at radius 2 is 1.81 bits per heavy atom. The molecule has 0 aromatic heterocycles. The Hall–Kier alpha value is -2.37. The zero-order chi connectivity index (χ0) is 22.4. The van der Waals surface area contributed by atoms with Crippen LogP contribution in [0.15, 0.2) is 48.5 Å². The summed E-state index contributed by atoms with van der Waals surface area (Å²) in [5.74, 6) is 1.65. The zero-order valence-corrected chi connectivity index (χ0v) is 19.4. The number of nitrogens with one attached hydrogen (secondary N) is 1. The van der Waals surface area contributed by atoms with Crippen LogP contribution in [0.3, 0.4) is 0 Å². The summed E-state index contributed by atoms with van der Waals surface area (Å²) in [4.78, 5) is 15.8. The van der Waals surface area contributed by atoms with Crippen molar-refractivity contribution in [2.75, 3.05) is 47.0 Å². The van der Waals surface area contributed by atoms with Crippen molar-refractivity contribution in [3.05, 3.63) is 54.1 Å². The van der Waals surface area contributed by atoms with E-state index in [2.05, 4.69) is 53.7 Å². The molecule has 2 aliphatic rings. The smallest absolute Gasteiger partial charge is 0.226 e. The molecule has 0 radical (unpaired) electrons. The second-order valence-corrected chi connectivity index (χ2v) is 9.46. The molecule has 2 aliphatic heterocycles. The Kier molecular flexibility index (Phi) is 7.48. The van der Waals surface area contributed by atoms with Crippen LogP contribution in [0.2, 0.25) is 0 Å². The first kappa shape index (κ1) is 22.8. The molecular formula is C27H36N2O3. The first-order valence-electron chi connectivity index (χ1n) is 11.9. The lowest BCUT2D eigenvalue weighted by Crippen LogP contribution is -2.48. The first-order valence-corrected chi connectivity index (χ1v) is 11.9. The second kappa shape index (κ2) is 10.5. The number of benzene rings is 2. The normalized spacial score (nSPS) is 19.4. The minimum atomic E-state index is -0.387. The molecule has 0 spiro atoms. The van der Waals surface area contributed by atoms with Crippen molar-refractivity contribution >= 4 is 5.91 Å². The highest BCUT2D eigenvalue weighted by Crippen LogP contribution is 2.36. The molecule has 0 bridgehead atoms. The monoisotopic (exact) mass is 436 g/mol. The molecule has 2 heterocycles. The van der Waals surface area contributed by atoms with Crippen LogP contribution in [0.25, 0.3) is 11.1 Å². The molecule has 4 rings (SSSR count). The number of carbonyl (C=O) groups is 1. The maximum atomic E-state index is 13.5. The van der Waals surface area contributed by atoms with Crippen molar-refractivity contribution < 1.29 is 14.3 Å². The molecule has 0 atom stereocenters. The Balaban J connectivity index is 1.46. The van der Waals surface area contributed by atoms with Crippen LogP contribution in [0.4, 0.5) is 0 Å². The second-order valence-electron chi connectivity index (χ2n) is 9.46. The number of ether oxygens (including phenoxy) is 2. The molecule has 5 nitrogen and oxygen atoms in total. The molecule has 0 unspecified atom stereocenters. The van der Waals surface area contributed by atoms with E-state index in [-0.39, 0.29) is 11.3 Å². The number of hydrogen-bond acceptors (Lipinski definition) is 4. The van der Waals surface area contributed by atoms with Crippen molar-refractivity contribution in [2.45, 2.75) is 32.1 Å². The third-order valence-electron chi connectivity index (χ3n) is 7.21. The topological polar surface area (TPSA) is 50.8 Å². The maximum Gasteiger partial charge on any atom is 0.226 e. The van der Waals surface area contributed by atoms with E-state index in [1.54, 1.807) is 7.11 Å². The van der Waals surface area contributed by atoms with Crippen LogP contribution < -0.4 is 10.1 Å². The fourth-order valence-corrected chi connectivity index (χ4v) is 4.97. The van der Waals surface area contributed by atoms with Gasteiger partial charge in [-0.2, -0.15) is 0 Å². The van der Waals surface area contributed by atoms with E-state index in [1.807, 2.05) is 12.1 Å². The van der Waals surface area contributed by atoms with Gasteiger partial charge in [-0.1, -0.05) is 36.4 Å². The largest absolute Gasteiger partial charge is 0.497 e. The molecule has 32 heavy (non-hydrogen) atoms.